The zero-order chi connectivity index (χ0) is 10.7. The van der Waals surface area contributed by atoms with Gasteiger partial charge in [-0.05, 0) is 35.9 Å². The molecule has 0 aliphatic carbocycles. The second-order valence-electron chi connectivity index (χ2n) is 3.80. The van der Waals surface area contributed by atoms with Crippen LogP contribution in [-0.2, 0) is 0 Å². The predicted octanol–water partition coefficient (Wildman–Crippen LogP) is 1.19. The standard InChI is InChI=1S/C11H17BO2/c1-4-8(2)11-6-5-10(12(13)14)7-9(11)3/h5-8,13-14H,4H2,1-3H3. The smallest absolute Gasteiger partial charge is 0.423 e. The number of aryl methyl sites for hydroxylation is 1. The first-order chi connectivity index (χ1) is 6.56. The highest BCUT2D eigenvalue weighted by Gasteiger charge is 2.13. The predicted molar refractivity (Wildman–Crippen MR) is 59.7 cm³/mol. The minimum Gasteiger partial charge on any atom is -0.423 e. The van der Waals surface area contributed by atoms with Crippen LogP contribution in [0, 0.1) is 6.92 Å². The van der Waals surface area contributed by atoms with E-state index in [1.165, 1.54) is 5.56 Å². The van der Waals surface area contributed by atoms with E-state index in [9.17, 15) is 0 Å². The van der Waals surface area contributed by atoms with E-state index in [4.69, 9.17) is 10.0 Å². The molecule has 3 heteroatoms. The van der Waals surface area contributed by atoms with Crippen LogP contribution in [0.25, 0.3) is 0 Å². The van der Waals surface area contributed by atoms with E-state index in [0.717, 1.165) is 12.0 Å². The Labute approximate surface area is 85.7 Å². The van der Waals surface area contributed by atoms with Gasteiger partial charge in [-0.1, -0.05) is 32.0 Å². The zero-order valence-electron chi connectivity index (χ0n) is 8.99. The van der Waals surface area contributed by atoms with E-state index in [2.05, 4.69) is 13.8 Å². The molecule has 0 saturated heterocycles. The minimum atomic E-state index is -1.36. The molecule has 0 aliphatic rings. The van der Waals surface area contributed by atoms with Gasteiger partial charge in [0.1, 0.15) is 0 Å². The van der Waals surface area contributed by atoms with Crippen LogP contribution in [0.15, 0.2) is 18.2 Å². The van der Waals surface area contributed by atoms with Gasteiger partial charge in [0.25, 0.3) is 0 Å². The van der Waals surface area contributed by atoms with Crippen molar-refractivity contribution in [1.82, 2.24) is 0 Å². The van der Waals surface area contributed by atoms with Crippen LogP contribution in [0.1, 0.15) is 37.3 Å². The molecule has 0 aliphatic heterocycles. The summed E-state index contributed by atoms with van der Waals surface area (Å²) in [7, 11) is -1.36. The van der Waals surface area contributed by atoms with Crippen LogP contribution in [-0.4, -0.2) is 17.2 Å². The van der Waals surface area contributed by atoms with Gasteiger partial charge in [0, 0.05) is 0 Å². The molecule has 1 atom stereocenters. The molecule has 1 rings (SSSR count). The molecule has 0 bridgehead atoms. The summed E-state index contributed by atoms with van der Waals surface area (Å²) < 4.78 is 0. The third-order valence-corrected chi connectivity index (χ3v) is 2.74. The Morgan fingerprint density at radius 1 is 1.36 bits per heavy atom. The number of hydrogen-bond acceptors (Lipinski definition) is 2. The third kappa shape index (κ3) is 2.37. The minimum absolute atomic E-state index is 0.528. The van der Waals surface area contributed by atoms with Crippen molar-refractivity contribution < 1.29 is 10.0 Å². The molecule has 0 heterocycles. The molecule has 1 unspecified atom stereocenters. The summed E-state index contributed by atoms with van der Waals surface area (Å²) in [5.74, 6) is 0.528. The first-order valence-corrected chi connectivity index (χ1v) is 5.02. The quantitative estimate of drug-likeness (QED) is 0.706. The van der Waals surface area contributed by atoms with E-state index in [-0.39, 0.29) is 0 Å². The lowest BCUT2D eigenvalue weighted by molar-refractivity contribution is 0.425. The SMILES string of the molecule is CCC(C)c1ccc(B(O)O)cc1C. The fraction of sp³-hybridized carbons (Fsp3) is 0.455. The molecule has 1 aromatic rings. The Kier molecular flexibility index (Phi) is 3.73. The van der Waals surface area contributed by atoms with Gasteiger partial charge in [-0.15, -0.1) is 0 Å². The zero-order valence-corrected chi connectivity index (χ0v) is 8.99. The molecule has 0 spiro atoms. The largest absolute Gasteiger partial charge is 0.488 e. The molecule has 0 saturated carbocycles. The van der Waals surface area contributed by atoms with E-state index >= 15 is 0 Å². The molecule has 2 N–H and O–H groups in total. The summed E-state index contributed by atoms with van der Waals surface area (Å²) in [6.07, 6.45) is 1.10. The van der Waals surface area contributed by atoms with Crippen LogP contribution in [0.2, 0.25) is 0 Å². The highest BCUT2D eigenvalue weighted by Crippen LogP contribution is 2.21. The Morgan fingerprint density at radius 3 is 2.43 bits per heavy atom. The Bertz CT molecular complexity index is 310. The fourth-order valence-electron chi connectivity index (χ4n) is 1.63. The molecule has 2 nitrogen and oxygen atoms in total. The van der Waals surface area contributed by atoms with Gasteiger partial charge >= 0.3 is 7.12 Å². The molecule has 1 aromatic carbocycles. The first kappa shape index (κ1) is 11.3. The molecule has 0 radical (unpaired) electrons. The van der Waals surface area contributed by atoms with Crippen LogP contribution < -0.4 is 5.46 Å². The van der Waals surface area contributed by atoms with Crippen molar-refractivity contribution in [3.05, 3.63) is 29.3 Å². The van der Waals surface area contributed by atoms with Gasteiger partial charge < -0.3 is 10.0 Å². The van der Waals surface area contributed by atoms with Gasteiger partial charge in [0.15, 0.2) is 0 Å². The molecular formula is C11H17BO2. The lowest BCUT2D eigenvalue weighted by atomic mass is 9.78. The van der Waals surface area contributed by atoms with Crippen LogP contribution in [0.3, 0.4) is 0 Å². The fourth-order valence-corrected chi connectivity index (χ4v) is 1.63. The average Bonchev–Trinajstić information content (AvgIpc) is 2.16. The van der Waals surface area contributed by atoms with Crippen LogP contribution in [0.5, 0.6) is 0 Å². The van der Waals surface area contributed by atoms with E-state index in [0.29, 0.717) is 11.4 Å². The summed E-state index contributed by atoms with van der Waals surface area (Å²) in [4.78, 5) is 0. The van der Waals surface area contributed by atoms with Gasteiger partial charge in [-0.2, -0.15) is 0 Å². The van der Waals surface area contributed by atoms with Crippen molar-refractivity contribution >= 4 is 12.6 Å². The normalized spacial score (nSPS) is 12.6. The second kappa shape index (κ2) is 4.62. The van der Waals surface area contributed by atoms with E-state index in [1.54, 1.807) is 6.07 Å². The van der Waals surface area contributed by atoms with Crippen LogP contribution >= 0.6 is 0 Å². The summed E-state index contributed by atoms with van der Waals surface area (Å²) in [6, 6.07) is 5.60. The first-order valence-electron chi connectivity index (χ1n) is 5.02. The maximum atomic E-state index is 8.99. The van der Waals surface area contributed by atoms with Crippen molar-refractivity contribution in [3.63, 3.8) is 0 Å². The van der Waals surface area contributed by atoms with Gasteiger partial charge in [0.05, 0.1) is 0 Å². The number of hydrogen-bond donors (Lipinski definition) is 2. The Balaban J connectivity index is 3.01. The van der Waals surface area contributed by atoms with E-state index < -0.39 is 7.12 Å². The second-order valence-corrected chi connectivity index (χ2v) is 3.80. The highest BCUT2D eigenvalue weighted by molar-refractivity contribution is 6.58. The third-order valence-electron chi connectivity index (χ3n) is 2.74. The Morgan fingerprint density at radius 2 is 2.00 bits per heavy atom. The number of rotatable bonds is 3. The summed E-state index contributed by atoms with van der Waals surface area (Å²) in [5.41, 5.74) is 2.98. The molecule has 14 heavy (non-hydrogen) atoms. The maximum absolute atomic E-state index is 8.99. The van der Waals surface area contributed by atoms with E-state index in [1.807, 2.05) is 19.1 Å². The molecule has 0 amide bonds. The lowest BCUT2D eigenvalue weighted by Gasteiger charge is -2.13. The summed E-state index contributed by atoms with van der Waals surface area (Å²) in [5, 5.41) is 18.0. The summed E-state index contributed by atoms with van der Waals surface area (Å²) in [6.45, 7) is 6.34. The molecular weight excluding hydrogens is 175 g/mol. The molecule has 0 fully saturated rings. The van der Waals surface area contributed by atoms with Crippen molar-refractivity contribution in [2.24, 2.45) is 0 Å². The Hall–Kier alpha value is -0.795. The molecule has 0 aromatic heterocycles. The van der Waals surface area contributed by atoms with Crippen molar-refractivity contribution in [2.75, 3.05) is 0 Å². The van der Waals surface area contributed by atoms with Crippen molar-refractivity contribution in [2.45, 2.75) is 33.1 Å². The van der Waals surface area contributed by atoms with Crippen LogP contribution in [0.4, 0.5) is 0 Å². The highest BCUT2D eigenvalue weighted by atomic mass is 16.4. The number of benzene rings is 1. The average molecular weight is 192 g/mol. The lowest BCUT2D eigenvalue weighted by Crippen LogP contribution is -2.30. The monoisotopic (exact) mass is 192 g/mol. The molecule has 76 valence electrons. The van der Waals surface area contributed by atoms with Crippen molar-refractivity contribution in [1.29, 1.82) is 0 Å². The topological polar surface area (TPSA) is 40.5 Å². The van der Waals surface area contributed by atoms with Gasteiger partial charge in [-0.25, -0.2) is 0 Å². The summed E-state index contributed by atoms with van der Waals surface area (Å²) >= 11 is 0. The van der Waals surface area contributed by atoms with Gasteiger partial charge in [-0.3, -0.25) is 0 Å². The maximum Gasteiger partial charge on any atom is 0.488 e. The van der Waals surface area contributed by atoms with Crippen molar-refractivity contribution in [3.8, 4) is 0 Å². The van der Waals surface area contributed by atoms with Gasteiger partial charge in [0.2, 0.25) is 0 Å².